The smallest absolute Gasteiger partial charge is 0.411 e. The predicted molar refractivity (Wildman–Crippen MR) is 169 cm³/mol. The number of piperidine rings is 1. The number of aliphatic carboxylic acids is 1. The van der Waals surface area contributed by atoms with Gasteiger partial charge in [-0.15, -0.1) is 11.3 Å². The van der Waals surface area contributed by atoms with E-state index in [-0.39, 0.29) is 18.4 Å². The van der Waals surface area contributed by atoms with Crippen LogP contribution in [-0.2, 0) is 20.7 Å². The van der Waals surface area contributed by atoms with Crippen LogP contribution < -0.4 is 10.6 Å². The third kappa shape index (κ3) is 10.7. The molecule has 0 bridgehead atoms. The molecule has 0 saturated carbocycles. The molecule has 10 nitrogen and oxygen atoms in total. The molecule has 230 valence electrons. The maximum absolute atomic E-state index is 12.7. The second-order valence-corrected chi connectivity index (χ2v) is 11.6. The fraction of sp³-hybridized carbons (Fsp3) is 0.438. The zero-order chi connectivity index (χ0) is 30.4. The van der Waals surface area contributed by atoms with Crippen molar-refractivity contribution in [3.8, 4) is 11.1 Å². The quantitative estimate of drug-likeness (QED) is 0.191. The first-order valence-electron chi connectivity index (χ1n) is 14.9. The highest BCUT2D eigenvalue weighted by atomic mass is 32.1. The monoisotopic (exact) mass is 607 g/mol. The number of rotatable bonds is 15. The minimum atomic E-state index is -0.885. The number of aromatic nitrogens is 1. The summed E-state index contributed by atoms with van der Waals surface area (Å²) >= 11 is 1.41. The van der Waals surface area contributed by atoms with Crippen LogP contribution in [-0.4, -0.2) is 83.7 Å². The van der Waals surface area contributed by atoms with Gasteiger partial charge in [0, 0.05) is 57.1 Å². The standard InChI is InChI=1S/C32H41N5O5S/c1-36(29(38)14-6-3-9-17-33-31-34-25(23-43-31)22-30(39)40)20-21-37-18-15-26(16-19-37)42-32(41)35-28-13-8-7-12-27(28)24-10-4-2-5-11-24/h2,4-5,7-8,10-13,23,26H,3,6,9,14-22H2,1H3,(H,33,34)(H,35,41)(H,39,40). The maximum atomic E-state index is 12.7. The van der Waals surface area contributed by atoms with Crippen LogP contribution in [0.5, 0.6) is 0 Å². The predicted octanol–water partition coefficient (Wildman–Crippen LogP) is 5.58. The average Bonchev–Trinajstić information content (AvgIpc) is 3.45. The number of carboxylic acids is 1. The van der Waals surface area contributed by atoms with E-state index in [0.29, 0.717) is 18.7 Å². The molecule has 43 heavy (non-hydrogen) atoms. The number of hydrogen-bond acceptors (Lipinski definition) is 8. The van der Waals surface area contributed by atoms with Crippen molar-refractivity contribution in [3.05, 3.63) is 65.7 Å². The van der Waals surface area contributed by atoms with E-state index in [1.807, 2.05) is 61.6 Å². The maximum Gasteiger partial charge on any atom is 0.411 e. The van der Waals surface area contributed by atoms with Crippen LogP contribution in [0.1, 0.15) is 44.2 Å². The van der Waals surface area contributed by atoms with Crippen molar-refractivity contribution >= 4 is 40.1 Å². The summed E-state index contributed by atoms with van der Waals surface area (Å²) < 4.78 is 5.74. The Morgan fingerprint density at radius 1 is 1.05 bits per heavy atom. The molecule has 0 spiro atoms. The molecule has 2 heterocycles. The van der Waals surface area contributed by atoms with E-state index in [2.05, 4.69) is 20.5 Å². The van der Waals surface area contributed by atoms with Crippen LogP contribution in [0.25, 0.3) is 11.1 Å². The summed E-state index contributed by atoms with van der Waals surface area (Å²) in [6, 6.07) is 17.7. The van der Waals surface area contributed by atoms with Gasteiger partial charge < -0.3 is 25.0 Å². The van der Waals surface area contributed by atoms with Crippen molar-refractivity contribution in [2.75, 3.05) is 50.4 Å². The lowest BCUT2D eigenvalue weighted by atomic mass is 10.0. The number of likely N-dealkylation sites (tertiary alicyclic amines) is 1. The Morgan fingerprint density at radius 2 is 1.79 bits per heavy atom. The minimum Gasteiger partial charge on any atom is -0.481 e. The molecule has 0 atom stereocenters. The van der Waals surface area contributed by atoms with Crippen molar-refractivity contribution in [1.82, 2.24) is 14.8 Å². The van der Waals surface area contributed by atoms with Crippen LogP contribution in [0, 0.1) is 0 Å². The number of amides is 2. The summed E-state index contributed by atoms with van der Waals surface area (Å²) in [5.41, 5.74) is 3.27. The molecule has 0 unspecified atom stereocenters. The topological polar surface area (TPSA) is 124 Å². The first-order valence-corrected chi connectivity index (χ1v) is 15.7. The van der Waals surface area contributed by atoms with Crippen LogP contribution in [0.4, 0.5) is 15.6 Å². The van der Waals surface area contributed by atoms with Gasteiger partial charge in [-0.2, -0.15) is 0 Å². The number of carbonyl (C=O) groups is 3. The molecule has 1 fully saturated rings. The average molecular weight is 608 g/mol. The molecule has 2 aromatic carbocycles. The van der Waals surface area contributed by atoms with Gasteiger partial charge >= 0.3 is 12.1 Å². The lowest BCUT2D eigenvalue weighted by Crippen LogP contribution is -2.42. The number of thiazole rings is 1. The van der Waals surface area contributed by atoms with Crippen LogP contribution in [0.2, 0.25) is 0 Å². The number of anilines is 2. The lowest BCUT2D eigenvalue weighted by molar-refractivity contribution is -0.136. The largest absolute Gasteiger partial charge is 0.481 e. The van der Waals surface area contributed by atoms with E-state index >= 15 is 0 Å². The molecule has 1 saturated heterocycles. The number of unbranched alkanes of at least 4 members (excludes halogenated alkanes) is 2. The summed E-state index contributed by atoms with van der Waals surface area (Å²) in [5.74, 6) is -0.735. The van der Waals surface area contributed by atoms with Gasteiger partial charge in [0.2, 0.25) is 5.91 Å². The van der Waals surface area contributed by atoms with Gasteiger partial charge in [0.1, 0.15) is 6.10 Å². The van der Waals surface area contributed by atoms with Gasteiger partial charge in [-0.25, -0.2) is 9.78 Å². The Bertz CT molecular complexity index is 1330. The molecule has 1 aliphatic heterocycles. The van der Waals surface area contributed by atoms with Crippen LogP contribution >= 0.6 is 11.3 Å². The van der Waals surface area contributed by atoms with Crippen molar-refractivity contribution in [2.45, 2.75) is 51.0 Å². The normalized spacial score (nSPS) is 13.8. The number of nitrogens with one attached hydrogen (secondary N) is 2. The lowest BCUT2D eigenvalue weighted by Gasteiger charge is -2.32. The third-order valence-electron chi connectivity index (χ3n) is 7.46. The number of para-hydroxylation sites is 1. The molecular formula is C32H41N5O5S. The molecule has 1 aliphatic rings. The third-order valence-corrected chi connectivity index (χ3v) is 8.31. The minimum absolute atomic E-state index is 0.0645. The summed E-state index contributed by atoms with van der Waals surface area (Å²) in [6.07, 6.45) is 4.10. The van der Waals surface area contributed by atoms with E-state index < -0.39 is 12.1 Å². The highest BCUT2D eigenvalue weighted by Gasteiger charge is 2.23. The van der Waals surface area contributed by atoms with Gasteiger partial charge in [0.05, 0.1) is 17.8 Å². The van der Waals surface area contributed by atoms with Gasteiger partial charge in [0.25, 0.3) is 0 Å². The van der Waals surface area contributed by atoms with Crippen molar-refractivity contribution in [1.29, 1.82) is 0 Å². The highest BCUT2D eigenvalue weighted by Crippen LogP contribution is 2.28. The van der Waals surface area contributed by atoms with Crippen LogP contribution in [0.3, 0.4) is 0 Å². The number of benzene rings is 2. The fourth-order valence-electron chi connectivity index (χ4n) is 5.01. The summed E-state index contributed by atoms with van der Waals surface area (Å²) in [6.45, 7) is 3.86. The molecule has 11 heteroatoms. The molecule has 0 radical (unpaired) electrons. The molecule has 3 N–H and O–H groups in total. The Kier molecular flexibility index (Phi) is 12.4. The van der Waals surface area contributed by atoms with E-state index in [0.717, 1.165) is 80.2 Å². The molecule has 1 aromatic heterocycles. The van der Waals surface area contributed by atoms with E-state index in [9.17, 15) is 14.4 Å². The van der Waals surface area contributed by atoms with Gasteiger partial charge in [-0.3, -0.25) is 14.9 Å². The Hall–Kier alpha value is -3.96. The number of hydrogen-bond donors (Lipinski definition) is 3. The second-order valence-electron chi connectivity index (χ2n) is 10.8. The first-order chi connectivity index (χ1) is 20.9. The van der Waals surface area contributed by atoms with E-state index in [1.54, 1.807) is 10.3 Å². The van der Waals surface area contributed by atoms with Crippen molar-refractivity contribution in [3.63, 3.8) is 0 Å². The van der Waals surface area contributed by atoms with E-state index in [1.165, 1.54) is 11.3 Å². The zero-order valence-electron chi connectivity index (χ0n) is 24.7. The van der Waals surface area contributed by atoms with Crippen molar-refractivity contribution < 1.29 is 24.2 Å². The molecule has 0 aliphatic carbocycles. The van der Waals surface area contributed by atoms with Crippen molar-refractivity contribution in [2.24, 2.45) is 0 Å². The molecule has 4 rings (SSSR count). The SMILES string of the molecule is CN(CCN1CCC(OC(=O)Nc2ccccc2-c2ccccc2)CC1)C(=O)CCCCCNc1nc(CC(=O)O)cs1. The zero-order valence-corrected chi connectivity index (χ0v) is 25.5. The summed E-state index contributed by atoms with van der Waals surface area (Å²) in [5, 5.41) is 17.5. The number of likely N-dealkylation sites (N-methyl/N-ethyl adjacent to an activating group) is 1. The number of nitrogens with zero attached hydrogens (tertiary/aromatic N) is 3. The Morgan fingerprint density at radius 3 is 2.56 bits per heavy atom. The number of carbonyl (C=O) groups excluding carboxylic acids is 2. The second kappa shape index (κ2) is 16.6. The highest BCUT2D eigenvalue weighted by molar-refractivity contribution is 7.13. The summed E-state index contributed by atoms with van der Waals surface area (Å²) in [4.78, 5) is 44.4. The summed E-state index contributed by atoms with van der Waals surface area (Å²) in [7, 11) is 1.86. The van der Waals surface area contributed by atoms with E-state index in [4.69, 9.17) is 9.84 Å². The van der Waals surface area contributed by atoms with Gasteiger partial charge in [0.15, 0.2) is 5.13 Å². The van der Waals surface area contributed by atoms with Gasteiger partial charge in [-0.05, 0) is 37.3 Å². The molecular weight excluding hydrogens is 566 g/mol. The number of ether oxygens (including phenoxy) is 1. The Labute approximate surface area is 257 Å². The molecule has 2 amide bonds. The fourth-order valence-corrected chi connectivity index (χ4v) is 5.75. The number of carboxylic acid groups (broad SMARTS) is 1. The molecule has 3 aromatic rings. The van der Waals surface area contributed by atoms with Gasteiger partial charge in [-0.1, -0.05) is 55.0 Å². The Balaban J connectivity index is 1.06. The first kappa shape index (κ1) is 32.0. The van der Waals surface area contributed by atoms with Crippen LogP contribution in [0.15, 0.2) is 60.0 Å².